The Morgan fingerprint density at radius 2 is 1.84 bits per heavy atom. The van der Waals surface area contributed by atoms with Crippen LogP contribution in [0, 0.1) is 6.92 Å². The third kappa shape index (κ3) is 2.51. The lowest BCUT2D eigenvalue weighted by atomic mass is 10.1. The standard InChI is InChI=1S/C16H21N3/c1-13-12-14(15-4-3-7-17-15)5-6-16(13)19-10-8-18(2)9-11-19/h3-7,12,17H,8-11H2,1-2H3. The molecular weight excluding hydrogens is 234 g/mol. The number of hydrogen-bond donors (Lipinski definition) is 1. The summed E-state index contributed by atoms with van der Waals surface area (Å²) in [6.07, 6.45) is 1.97. The maximum absolute atomic E-state index is 3.27. The van der Waals surface area contributed by atoms with Gasteiger partial charge < -0.3 is 14.8 Å². The molecule has 0 amide bonds. The van der Waals surface area contributed by atoms with Crippen LogP contribution in [0.4, 0.5) is 5.69 Å². The lowest BCUT2D eigenvalue weighted by molar-refractivity contribution is 0.312. The van der Waals surface area contributed by atoms with Crippen LogP contribution < -0.4 is 4.90 Å². The number of aryl methyl sites for hydroxylation is 1. The van der Waals surface area contributed by atoms with Crippen LogP contribution in [0.1, 0.15) is 5.56 Å². The summed E-state index contributed by atoms with van der Waals surface area (Å²) in [5.74, 6) is 0. The molecule has 1 aromatic heterocycles. The van der Waals surface area contributed by atoms with Crippen LogP contribution in [-0.4, -0.2) is 43.1 Å². The molecule has 1 aliphatic heterocycles. The van der Waals surface area contributed by atoms with Crippen LogP contribution in [0.3, 0.4) is 0 Å². The molecule has 0 unspecified atom stereocenters. The lowest BCUT2D eigenvalue weighted by Crippen LogP contribution is -2.44. The van der Waals surface area contributed by atoms with Gasteiger partial charge in [0.2, 0.25) is 0 Å². The summed E-state index contributed by atoms with van der Waals surface area (Å²) in [4.78, 5) is 8.15. The van der Waals surface area contributed by atoms with Gasteiger partial charge in [0, 0.05) is 43.8 Å². The first-order valence-electron chi connectivity index (χ1n) is 6.92. The van der Waals surface area contributed by atoms with E-state index in [2.05, 4.69) is 53.0 Å². The van der Waals surface area contributed by atoms with Crippen molar-refractivity contribution in [2.45, 2.75) is 6.92 Å². The number of aromatic amines is 1. The summed E-state index contributed by atoms with van der Waals surface area (Å²) >= 11 is 0. The fraction of sp³-hybridized carbons (Fsp3) is 0.375. The molecule has 1 aliphatic rings. The highest BCUT2D eigenvalue weighted by Crippen LogP contribution is 2.26. The summed E-state index contributed by atoms with van der Waals surface area (Å²) in [6.45, 7) is 6.76. The van der Waals surface area contributed by atoms with Crippen molar-refractivity contribution in [2.75, 3.05) is 38.1 Å². The Bertz CT molecular complexity index is 537. The minimum absolute atomic E-state index is 1.12. The van der Waals surface area contributed by atoms with Gasteiger partial charge in [0.15, 0.2) is 0 Å². The first kappa shape index (κ1) is 12.3. The molecule has 1 saturated heterocycles. The third-order valence-corrected chi connectivity index (χ3v) is 3.95. The SMILES string of the molecule is Cc1cc(-c2ccc[nH]2)ccc1N1CCN(C)CC1. The minimum atomic E-state index is 1.12. The maximum atomic E-state index is 3.27. The summed E-state index contributed by atoms with van der Waals surface area (Å²) in [7, 11) is 2.19. The zero-order chi connectivity index (χ0) is 13.2. The Balaban J connectivity index is 1.84. The van der Waals surface area contributed by atoms with Crippen molar-refractivity contribution in [3.63, 3.8) is 0 Å². The summed E-state index contributed by atoms with van der Waals surface area (Å²) < 4.78 is 0. The number of piperazine rings is 1. The van der Waals surface area contributed by atoms with E-state index in [-0.39, 0.29) is 0 Å². The molecular formula is C16H21N3. The first-order chi connectivity index (χ1) is 9.24. The van der Waals surface area contributed by atoms with E-state index >= 15 is 0 Å². The number of benzene rings is 1. The highest BCUT2D eigenvalue weighted by molar-refractivity contribution is 5.66. The maximum Gasteiger partial charge on any atom is 0.0454 e. The van der Waals surface area contributed by atoms with Gasteiger partial charge in [-0.25, -0.2) is 0 Å². The molecule has 3 rings (SSSR count). The summed E-state index contributed by atoms with van der Waals surface area (Å²) in [5.41, 5.74) is 5.19. The zero-order valence-corrected chi connectivity index (χ0v) is 11.7. The number of likely N-dealkylation sites (N-methyl/N-ethyl adjacent to an activating group) is 1. The number of aromatic nitrogens is 1. The molecule has 1 N–H and O–H groups in total. The van der Waals surface area contributed by atoms with Crippen LogP contribution in [0.25, 0.3) is 11.3 Å². The quantitative estimate of drug-likeness (QED) is 0.891. The number of nitrogens with one attached hydrogen (secondary N) is 1. The van der Waals surface area contributed by atoms with E-state index in [9.17, 15) is 0 Å². The molecule has 0 aliphatic carbocycles. The van der Waals surface area contributed by atoms with Crippen LogP contribution in [0.5, 0.6) is 0 Å². The number of rotatable bonds is 2. The smallest absolute Gasteiger partial charge is 0.0454 e. The number of hydrogen-bond acceptors (Lipinski definition) is 2. The van der Waals surface area contributed by atoms with E-state index in [0.717, 1.165) is 26.2 Å². The van der Waals surface area contributed by atoms with E-state index in [1.807, 2.05) is 12.3 Å². The van der Waals surface area contributed by atoms with Gasteiger partial charge in [-0.15, -0.1) is 0 Å². The second kappa shape index (κ2) is 5.10. The van der Waals surface area contributed by atoms with Gasteiger partial charge in [-0.05, 0) is 49.4 Å². The second-order valence-electron chi connectivity index (χ2n) is 5.38. The monoisotopic (exact) mass is 255 g/mol. The lowest BCUT2D eigenvalue weighted by Gasteiger charge is -2.35. The molecule has 19 heavy (non-hydrogen) atoms. The predicted octanol–water partition coefficient (Wildman–Crippen LogP) is 2.74. The van der Waals surface area contributed by atoms with Crippen molar-refractivity contribution in [2.24, 2.45) is 0 Å². The van der Waals surface area contributed by atoms with E-state index in [1.54, 1.807) is 0 Å². The Morgan fingerprint density at radius 3 is 2.47 bits per heavy atom. The highest BCUT2D eigenvalue weighted by atomic mass is 15.2. The molecule has 0 atom stereocenters. The number of anilines is 1. The normalized spacial score (nSPS) is 16.8. The van der Waals surface area contributed by atoms with Crippen LogP contribution in [0.2, 0.25) is 0 Å². The molecule has 0 bridgehead atoms. The molecule has 1 aromatic carbocycles. The predicted molar refractivity (Wildman–Crippen MR) is 80.7 cm³/mol. The largest absolute Gasteiger partial charge is 0.369 e. The zero-order valence-electron chi connectivity index (χ0n) is 11.7. The van der Waals surface area contributed by atoms with Gasteiger partial charge in [0.05, 0.1) is 0 Å². The van der Waals surface area contributed by atoms with Crippen molar-refractivity contribution in [1.82, 2.24) is 9.88 Å². The fourth-order valence-corrected chi connectivity index (χ4v) is 2.74. The Kier molecular flexibility index (Phi) is 3.30. The average molecular weight is 255 g/mol. The van der Waals surface area contributed by atoms with Crippen LogP contribution in [-0.2, 0) is 0 Å². The molecule has 1 fully saturated rings. The van der Waals surface area contributed by atoms with Gasteiger partial charge in [-0.2, -0.15) is 0 Å². The van der Waals surface area contributed by atoms with Gasteiger partial charge in [0.25, 0.3) is 0 Å². The average Bonchev–Trinajstić information content (AvgIpc) is 2.94. The van der Waals surface area contributed by atoms with Crippen molar-refractivity contribution >= 4 is 5.69 Å². The molecule has 3 heteroatoms. The Morgan fingerprint density at radius 1 is 1.05 bits per heavy atom. The van der Waals surface area contributed by atoms with Crippen molar-refractivity contribution in [3.05, 3.63) is 42.1 Å². The summed E-state index contributed by atoms with van der Waals surface area (Å²) in [5, 5.41) is 0. The van der Waals surface area contributed by atoms with Crippen LogP contribution >= 0.6 is 0 Å². The highest BCUT2D eigenvalue weighted by Gasteiger charge is 2.16. The minimum Gasteiger partial charge on any atom is -0.369 e. The van der Waals surface area contributed by atoms with Gasteiger partial charge in [0.1, 0.15) is 0 Å². The topological polar surface area (TPSA) is 22.3 Å². The molecule has 2 heterocycles. The molecule has 3 nitrogen and oxygen atoms in total. The molecule has 100 valence electrons. The van der Waals surface area contributed by atoms with Crippen molar-refractivity contribution in [1.29, 1.82) is 0 Å². The number of nitrogens with zero attached hydrogens (tertiary/aromatic N) is 2. The number of H-pyrrole nitrogens is 1. The third-order valence-electron chi connectivity index (χ3n) is 3.95. The Hall–Kier alpha value is -1.74. The van der Waals surface area contributed by atoms with E-state index in [1.165, 1.54) is 22.5 Å². The van der Waals surface area contributed by atoms with Gasteiger partial charge in [-0.3, -0.25) is 0 Å². The summed E-state index contributed by atoms with van der Waals surface area (Å²) in [6, 6.07) is 10.9. The van der Waals surface area contributed by atoms with Gasteiger partial charge in [-0.1, -0.05) is 6.07 Å². The van der Waals surface area contributed by atoms with E-state index < -0.39 is 0 Å². The van der Waals surface area contributed by atoms with Crippen molar-refractivity contribution in [3.8, 4) is 11.3 Å². The Labute approximate surface area is 114 Å². The molecule has 0 saturated carbocycles. The van der Waals surface area contributed by atoms with Crippen LogP contribution in [0.15, 0.2) is 36.5 Å². The fourth-order valence-electron chi connectivity index (χ4n) is 2.74. The second-order valence-corrected chi connectivity index (χ2v) is 5.38. The molecule has 0 spiro atoms. The van der Waals surface area contributed by atoms with Gasteiger partial charge >= 0.3 is 0 Å². The molecule has 2 aromatic rings. The van der Waals surface area contributed by atoms with Crippen molar-refractivity contribution < 1.29 is 0 Å². The van der Waals surface area contributed by atoms with E-state index in [4.69, 9.17) is 0 Å². The molecule has 0 radical (unpaired) electrons. The van der Waals surface area contributed by atoms with E-state index in [0.29, 0.717) is 0 Å². The first-order valence-corrected chi connectivity index (χ1v) is 6.92.